The first-order valence-electron chi connectivity index (χ1n) is 12.0. The van der Waals surface area contributed by atoms with Crippen LogP contribution in [0.2, 0.25) is 0 Å². The van der Waals surface area contributed by atoms with Crippen LogP contribution in [0.15, 0.2) is 101 Å². The first-order chi connectivity index (χ1) is 18.5. The summed E-state index contributed by atoms with van der Waals surface area (Å²) in [7, 11) is 0. The Morgan fingerprint density at radius 2 is 1.66 bits per heavy atom. The summed E-state index contributed by atoms with van der Waals surface area (Å²) in [4.78, 5) is 34.9. The molecule has 1 atom stereocenters. The van der Waals surface area contributed by atoms with E-state index in [1.165, 1.54) is 18.3 Å². The van der Waals surface area contributed by atoms with Crippen LogP contribution in [0, 0.1) is 0 Å². The molecule has 4 aromatic carbocycles. The molecule has 186 valence electrons. The number of nitrogens with one attached hydrogen (secondary N) is 1. The van der Waals surface area contributed by atoms with E-state index in [0.29, 0.717) is 27.7 Å². The summed E-state index contributed by atoms with van der Waals surface area (Å²) in [5.41, 5.74) is 3.76. The van der Waals surface area contributed by atoms with E-state index in [0.717, 1.165) is 22.0 Å². The maximum Gasteiger partial charge on any atom is 0.339 e. The Bertz CT molecular complexity index is 1770. The zero-order valence-corrected chi connectivity index (χ0v) is 21.1. The second-order valence-electron chi connectivity index (χ2n) is 8.67. The molecule has 1 amide bonds. The number of anilines is 1. The summed E-state index contributed by atoms with van der Waals surface area (Å²) in [6, 6.07) is 28.4. The van der Waals surface area contributed by atoms with Crippen molar-refractivity contribution in [3.8, 4) is 22.7 Å². The third-order valence-electron chi connectivity index (χ3n) is 6.10. The van der Waals surface area contributed by atoms with Crippen LogP contribution < -0.4 is 5.32 Å². The number of hydrogen-bond donors (Lipinski definition) is 1. The van der Waals surface area contributed by atoms with Gasteiger partial charge in [0.15, 0.2) is 16.8 Å². The van der Waals surface area contributed by atoms with Gasteiger partial charge in [-0.2, -0.15) is 0 Å². The lowest BCUT2D eigenvalue weighted by atomic mass is 10.1. The van der Waals surface area contributed by atoms with Crippen LogP contribution in [0.3, 0.4) is 0 Å². The molecule has 0 spiro atoms. The molecule has 1 unspecified atom stereocenters. The van der Waals surface area contributed by atoms with Crippen molar-refractivity contribution >= 4 is 50.2 Å². The van der Waals surface area contributed by atoms with Gasteiger partial charge in [0.05, 0.1) is 16.8 Å². The maximum absolute atomic E-state index is 13.0. The molecule has 1 N–H and O–H groups in total. The van der Waals surface area contributed by atoms with Gasteiger partial charge in [-0.3, -0.25) is 10.1 Å². The lowest BCUT2D eigenvalue weighted by Gasteiger charge is -2.13. The SMILES string of the molecule is CC(OC(=O)c1ccccc1-c1nc2ccccc2o1)C(=O)Nc1nc(-c2ccc3ccccc3c2)cs1. The molecular formula is C30H21N3O4S. The van der Waals surface area contributed by atoms with Gasteiger partial charge < -0.3 is 9.15 Å². The Morgan fingerprint density at radius 3 is 2.53 bits per heavy atom. The Kier molecular flexibility index (Phi) is 6.15. The van der Waals surface area contributed by atoms with E-state index in [-0.39, 0.29) is 5.56 Å². The van der Waals surface area contributed by atoms with Crippen LogP contribution in [0.5, 0.6) is 0 Å². The monoisotopic (exact) mass is 519 g/mol. The summed E-state index contributed by atoms with van der Waals surface area (Å²) in [6.07, 6.45) is -1.05. The highest BCUT2D eigenvalue weighted by Gasteiger charge is 2.23. The highest BCUT2D eigenvalue weighted by molar-refractivity contribution is 7.14. The van der Waals surface area contributed by atoms with Gasteiger partial charge in [0.2, 0.25) is 5.89 Å². The number of oxazole rings is 1. The smallest absolute Gasteiger partial charge is 0.339 e. The number of rotatable bonds is 6. The number of ether oxygens (including phenoxy) is 1. The van der Waals surface area contributed by atoms with Crippen LogP contribution in [0.4, 0.5) is 5.13 Å². The second kappa shape index (κ2) is 9.91. The van der Waals surface area contributed by atoms with Crippen LogP contribution in [0.25, 0.3) is 44.6 Å². The summed E-state index contributed by atoms with van der Waals surface area (Å²) in [5, 5.41) is 7.32. The lowest BCUT2D eigenvalue weighted by Crippen LogP contribution is -2.30. The third kappa shape index (κ3) is 4.65. The van der Waals surface area contributed by atoms with Crippen molar-refractivity contribution in [2.75, 3.05) is 5.32 Å². The number of benzene rings is 4. The van der Waals surface area contributed by atoms with E-state index in [4.69, 9.17) is 9.15 Å². The average Bonchev–Trinajstić information content (AvgIpc) is 3.60. The quantitative estimate of drug-likeness (QED) is 0.239. The molecule has 7 nitrogen and oxygen atoms in total. The molecule has 0 bridgehead atoms. The number of hydrogen-bond acceptors (Lipinski definition) is 7. The first-order valence-corrected chi connectivity index (χ1v) is 12.8. The van der Waals surface area contributed by atoms with Gasteiger partial charge in [-0.25, -0.2) is 14.8 Å². The summed E-state index contributed by atoms with van der Waals surface area (Å²) < 4.78 is 11.3. The van der Waals surface area contributed by atoms with E-state index in [2.05, 4.69) is 27.4 Å². The Hall–Kier alpha value is -4.82. The molecule has 0 saturated carbocycles. The molecule has 38 heavy (non-hydrogen) atoms. The van der Waals surface area contributed by atoms with E-state index >= 15 is 0 Å². The van der Waals surface area contributed by atoms with E-state index < -0.39 is 18.0 Å². The van der Waals surface area contributed by atoms with Gasteiger partial charge in [-0.05, 0) is 48.0 Å². The van der Waals surface area contributed by atoms with Gasteiger partial charge in [0.1, 0.15) is 5.52 Å². The Morgan fingerprint density at radius 1 is 0.895 bits per heavy atom. The van der Waals surface area contributed by atoms with E-state index in [1.807, 2.05) is 60.0 Å². The molecule has 2 heterocycles. The van der Waals surface area contributed by atoms with Crippen LogP contribution in [0.1, 0.15) is 17.3 Å². The zero-order valence-electron chi connectivity index (χ0n) is 20.3. The standard InChI is InChI=1S/C30H21N3O4S/c1-18(27(34)33-30-32-25(17-38-30)21-15-14-19-8-2-3-9-20(19)16-21)36-29(35)23-11-5-4-10-22(23)28-31-24-12-6-7-13-26(24)37-28/h2-18H,1H3,(H,32,33,34). The largest absolute Gasteiger partial charge is 0.449 e. The molecule has 0 saturated heterocycles. The van der Waals surface area contributed by atoms with Crippen molar-refractivity contribution in [2.24, 2.45) is 0 Å². The summed E-state index contributed by atoms with van der Waals surface area (Å²) in [5.74, 6) is -0.821. The third-order valence-corrected chi connectivity index (χ3v) is 6.86. The number of fused-ring (bicyclic) bond motifs is 2. The number of esters is 1. The fourth-order valence-electron chi connectivity index (χ4n) is 4.13. The Labute approximate surface area is 221 Å². The number of amides is 1. The van der Waals surface area contributed by atoms with Gasteiger partial charge in [0.25, 0.3) is 5.91 Å². The molecule has 6 aromatic rings. The van der Waals surface area contributed by atoms with Crippen molar-refractivity contribution in [3.05, 3.63) is 102 Å². The van der Waals surface area contributed by atoms with Crippen molar-refractivity contribution in [2.45, 2.75) is 13.0 Å². The molecule has 8 heteroatoms. The first kappa shape index (κ1) is 23.6. The summed E-state index contributed by atoms with van der Waals surface area (Å²) >= 11 is 1.31. The average molecular weight is 520 g/mol. The highest BCUT2D eigenvalue weighted by atomic mass is 32.1. The molecular weight excluding hydrogens is 498 g/mol. The minimum atomic E-state index is -1.05. The minimum Gasteiger partial charge on any atom is -0.449 e. The molecule has 2 aromatic heterocycles. The van der Waals surface area contributed by atoms with Gasteiger partial charge >= 0.3 is 5.97 Å². The van der Waals surface area contributed by atoms with Crippen molar-refractivity contribution in [3.63, 3.8) is 0 Å². The van der Waals surface area contributed by atoms with Crippen molar-refractivity contribution < 1.29 is 18.7 Å². The zero-order chi connectivity index (χ0) is 26.1. The number of thiazole rings is 1. The molecule has 0 aliphatic heterocycles. The molecule has 0 aliphatic rings. The topological polar surface area (TPSA) is 94.3 Å². The van der Waals surface area contributed by atoms with Gasteiger partial charge in [-0.15, -0.1) is 11.3 Å². The molecule has 6 rings (SSSR count). The number of carbonyl (C=O) groups is 2. The van der Waals surface area contributed by atoms with E-state index in [1.54, 1.807) is 24.3 Å². The number of aromatic nitrogens is 2. The molecule has 0 radical (unpaired) electrons. The van der Waals surface area contributed by atoms with Crippen LogP contribution in [-0.2, 0) is 9.53 Å². The summed E-state index contributed by atoms with van der Waals surface area (Å²) in [6.45, 7) is 1.52. The highest BCUT2D eigenvalue weighted by Crippen LogP contribution is 2.29. The van der Waals surface area contributed by atoms with Crippen LogP contribution >= 0.6 is 11.3 Å². The van der Waals surface area contributed by atoms with Gasteiger partial charge in [-0.1, -0.05) is 60.7 Å². The minimum absolute atomic E-state index is 0.256. The normalized spacial score (nSPS) is 11.9. The maximum atomic E-state index is 13.0. The second-order valence-corrected chi connectivity index (χ2v) is 9.53. The molecule has 0 fully saturated rings. The fraction of sp³-hybridized carbons (Fsp3) is 0.0667. The number of nitrogens with zero attached hydrogens (tertiary/aromatic N) is 2. The molecule has 0 aliphatic carbocycles. The lowest BCUT2D eigenvalue weighted by molar-refractivity contribution is -0.123. The van der Waals surface area contributed by atoms with Crippen molar-refractivity contribution in [1.82, 2.24) is 9.97 Å². The predicted octanol–water partition coefficient (Wildman–Crippen LogP) is 6.96. The van der Waals surface area contributed by atoms with Crippen molar-refractivity contribution in [1.29, 1.82) is 0 Å². The van der Waals surface area contributed by atoms with E-state index in [9.17, 15) is 9.59 Å². The van der Waals surface area contributed by atoms with Gasteiger partial charge in [0, 0.05) is 10.9 Å². The van der Waals surface area contributed by atoms with Crippen LogP contribution in [-0.4, -0.2) is 27.9 Å². The number of carbonyl (C=O) groups excluding carboxylic acids is 2. The Balaban J connectivity index is 1.15. The number of para-hydroxylation sites is 2. The predicted molar refractivity (Wildman–Crippen MR) is 148 cm³/mol. The fourth-order valence-corrected chi connectivity index (χ4v) is 4.85.